The first kappa shape index (κ1) is 14.3. The molecule has 0 unspecified atom stereocenters. The third-order valence-electron chi connectivity index (χ3n) is 3.51. The predicted octanol–water partition coefficient (Wildman–Crippen LogP) is 4.60. The van der Waals surface area contributed by atoms with E-state index in [0.717, 1.165) is 34.2 Å². The van der Waals surface area contributed by atoms with Gasteiger partial charge in [-0.15, -0.1) is 0 Å². The Labute approximate surface area is 133 Å². The second-order valence-corrected chi connectivity index (χ2v) is 6.30. The molecule has 1 saturated carbocycles. The van der Waals surface area contributed by atoms with Crippen LogP contribution in [0.1, 0.15) is 37.1 Å². The lowest BCUT2D eigenvalue weighted by atomic mass is 10.2. The maximum atomic E-state index is 4.67. The smallest absolute Gasteiger partial charge is 0.136 e. The van der Waals surface area contributed by atoms with Crippen molar-refractivity contribution in [3.05, 3.63) is 40.1 Å². The summed E-state index contributed by atoms with van der Waals surface area (Å²) in [6.45, 7) is 5.02. The number of benzene rings is 1. The number of nitrogens with zero attached hydrogens (tertiary/aromatic N) is 2. The average molecular weight is 347 g/mol. The zero-order valence-electron chi connectivity index (χ0n) is 12.3. The Morgan fingerprint density at radius 3 is 2.67 bits per heavy atom. The molecule has 3 rings (SSSR count). The number of halogens is 1. The predicted molar refractivity (Wildman–Crippen MR) is 90.3 cm³/mol. The molecule has 21 heavy (non-hydrogen) atoms. The van der Waals surface area contributed by atoms with Crippen molar-refractivity contribution in [1.29, 1.82) is 0 Å². The van der Waals surface area contributed by atoms with Crippen LogP contribution in [0.2, 0.25) is 0 Å². The SMILES string of the molecule is CCNc1cc(Nc2cc(Br)ccc2C)nc(C2CC2)n1. The van der Waals surface area contributed by atoms with Crippen LogP contribution in [0.15, 0.2) is 28.7 Å². The zero-order valence-corrected chi connectivity index (χ0v) is 13.9. The van der Waals surface area contributed by atoms with E-state index in [1.165, 1.54) is 18.4 Å². The van der Waals surface area contributed by atoms with E-state index in [2.05, 4.69) is 62.5 Å². The van der Waals surface area contributed by atoms with E-state index in [-0.39, 0.29) is 0 Å². The molecule has 0 radical (unpaired) electrons. The third kappa shape index (κ3) is 3.53. The van der Waals surface area contributed by atoms with Gasteiger partial charge in [0.15, 0.2) is 0 Å². The van der Waals surface area contributed by atoms with E-state index in [9.17, 15) is 0 Å². The van der Waals surface area contributed by atoms with Crippen LogP contribution >= 0.6 is 15.9 Å². The monoisotopic (exact) mass is 346 g/mol. The average Bonchev–Trinajstić information content (AvgIpc) is 3.28. The van der Waals surface area contributed by atoms with Gasteiger partial charge >= 0.3 is 0 Å². The Morgan fingerprint density at radius 2 is 1.95 bits per heavy atom. The largest absolute Gasteiger partial charge is 0.370 e. The highest BCUT2D eigenvalue weighted by atomic mass is 79.9. The number of anilines is 3. The van der Waals surface area contributed by atoms with Gasteiger partial charge in [-0.2, -0.15) is 0 Å². The van der Waals surface area contributed by atoms with Crippen molar-refractivity contribution in [2.75, 3.05) is 17.2 Å². The minimum atomic E-state index is 0.535. The van der Waals surface area contributed by atoms with E-state index in [4.69, 9.17) is 0 Å². The molecule has 0 atom stereocenters. The normalized spacial score (nSPS) is 14.0. The maximum absolute atomic E-state index is 4.67. The highest BCUT2D eigenvalue weighted by Gasteiger charge is 2.27. The van der Waals surface area contributed by atoms with Crippen LogP contribution in [0.3, 0.4) is 0 Å². The summed E-state index contributed by atoms with van der Waals surface area (Å²) in [4.78, 5) is 9.26. The molecule has 0 amide bonds. The van der Waals surface area contributed by atoms with Crippen molar-refractivity contribution >= 4 is 33.3 Å². The van der Waals surface area contributed by atoms with Crippen molar-refractivity contribution in [3.63, 3.8) is 0 Å². The quantitative estimate of drug-likeness (QED) is 0.830. The van der Waals surface area contributed by atoms with Crippen LogP contribution in [-0.2, 0) is 0 Å². The Morgan fingerprint density at radius 1 is 1.19 bits per heavy atom. The fraction of sp³-hybridized carbons (Fsp3) is 0.375. The Kier molecular flexibility index (Phi) is 4.10. The Bertz CT molecular complexity index is 653. The lowest BCUT2D eigenvalue weighted by Gasteiger charge is -2.12. The molecule has 1 aliphatic carbocycles. The number of hydrogen-bond acceptors (Lipinski definition) is 4. The molecule has 110 valence electrons. The number of hydrogen-bond donors (Lipinski definition) is 2. The molecule has 1 heterocycles. The van der Waals surface area contributed by atoms with Crippen molar-refractivity contribution in [2.45, 2.75) is 32.6 Å². The topological polar surface area (TPSA) is 49.8 Å². The van der Waals surface area contributed by atoms with E-state index in [0.29, 0.717) is 5.92 Å². The molecule has 1 aromatic heterocycles. The second kappa shape index (κ2) is 6.02. The molecule has 1 aromatic carbocycles. The summed E-state index contributed by atoms with van der Waals surface area (Å²) < 4.78 is 1.05. The van der Waals surface area contributed by atoms with Gasteiger partial charge in [-0.3, -0.25) is 0 Å². The molecule has 1 fully saturated rings. The lowest BCUT2D eigenvalue weighted by molar-refractivity contribution is 0.927. The Hall–Kier alpha value is -1.62. The van der Waals surface area contributed by atoms with Crippen LogP contribution in [-0.4, -0.2) is 16.5 Å². The number of rotatable bonds is 5. The van der Waals surface area contributed by atoms with Gasteiger partial charge in [0.25, 0.3) is 0 Å². The summed E-state index contributed by atoms with van der Waals surface area (Å²) in [5.41, 5.74) is 2.25. The molecule has 4 nitrogen and oxygen atoms in total. The molecule has 0 spiro atoms. The summed E-state index contributed by atoms with van der Waals surface area (Å²) in [5.74, 6) is 3.23. The summed E-state index contributed by atoms with van der Waals surface area (Å²) in [6, 6.07) is 8.16. The molecular weight excluding hydrogens is 328 g/mol. The van der Waals surface area contributed by atoms with Crippen LogP contribution in [0, 0.1) is 6.92 Å². The first-order chi connectivity index (χ1) is 10.2. The fourth-order valence-electron chi connectivity index (χ4n) is 2.19. The summed E-state index contributed by atoms with van der Waals surface area (Å²) >= 11 is 3.51. The molecule has 0 aliphatic heterocycles. The van der Waals surface area contributed by atoms with Crippen LogP contribution < -0.4 is 10.6 Å². The third-order valence-corrected chi connectivity index (χ3v) is 4.00. The highest BCUT2D eigenvalue weighted by molar-refractivity contribution is 9.10. The van der Waals surface area contributed by atoms with Crippen molar-refractivity contribution in [3.8, 4) is 0 Å². The second-order valence-electron chi connectivity index (χ2n) is 5.39. The molecule has 2 N–H and O–H groups in total. The molecule has 0 bridgehead atoms. The van der Waals surface area contributed by atoms with Gasteiger partial charge in [0.1, 0.15) is 17.5 Å². The lowest BCUT2D eigenvalue weighted by Crippen LogP contribution is -2.06. The van der Waals surface area contributed by atoms with E-state index < -0.39 is 0 Å². The Balaban J connectivity index is 1.91. The van der Waals surface area contributed by atoms with Crippen molar-refractivity contribution in [2.24, 2.45) is 0 Å². The molecule has 1 aliphatic rings. The first-order valence-electron chi connectivity index (χ1n) is 7.31. The molecular formula is C16H19BrN4. The van der Waals surface area contributed by atoms with Crippen molar-refractivity contribution < 1.29 is 0 Å². The van der Waals surface area contributed by atoms with E-state index >= 15 is 0 Å². The fourth-order valence-corrected chi connectivity index (χ4v) is 2.55. The van der Waals surface area contributed by atoms with Crippen LogP contribution in [0.5, 0.6) is 0 Å². The van der Waals surface area contributed by atoms with Gasteiger partial charge in [0.05, 0.1) is 0 Å². The van der Waals surface area contributed by atoms with Gasteiger partial charge < -0.3 is 10.6 Å². The molecule has 2 aromatic rings. The minimum Gasteiger partial charge on any atom is -0.370 e. The van der Waals surface area contributed by atoms with E-state index in [1.54, 1.807) is 0 Å². The van der Waals surface area contributed by atoms with Gasteiger partial charge in [0.2, 0.25) is 0 Å². The van der Waals surface area contributed by atoms with Gasteiger partial charge in [-0.05, 0) is 44.4 Å². The number of aromatic nitrogens is 2. The molecule has 0 saturated heterocycles. The van der Waals surface area contributed by atoms with Gasteiger partial charge in [0, 0.05) is 28.7 Å². The van der Waals surface area contributed by atoms with Crippen LogP contribution in [0.25, 0.3) is 0 Å². The molecule has 5 heteroatoms. The number of nitrogens with one attached hydrogen (secondary N) is 2. The number of aryl methyl sites for hydroxylation is 1. The first-order valence-corrected chi connectivity index (χ1v) is 8.11. The standard InChI is InChI=1S/C16H19BrN4/c1-3-18-14-9-15(21-16(20-14)11-5-6-11)19-13-8-12(17)7-4-10(13)2/h4,7-9,11H,3,5-6H2,1-2H3,(H2,18,19,20,21). The summed E-state index contributed by atoms with van der Waals surface area (Å²) in [7, 11) is 0. The van der Waals surface area contributed by atoms with Crippen LogP contribution in [0.4, 0.5) is 17.3 Å². The zero-order chi connectivity index (χ0) is 14.8. The summed E-state index contributed by atoms with van der Waals surface area (Å²) in [5, 5.41) is 6.70. The van der Waals surface area contributed by atoms with Crippen molar-refractivity contribution in [1.82, 2.24) is 9.97 Å². The van der Waals surface area contributed by atoms with Gasteiger partial charge in [-0.25, -0.2) is 9.97 Å². The van der Waals surface area contributed by atoms with E-state index in [1.807, 2.05) is 12.1 Å². The summed E-state index contributed by atoms with van der Waals surface area (Å²) in [6.07, 6.45) is 2.40. The van der Waals surface area contributed by atoms with Gasteiger partial charge in [-0.1, -0.05) is 22.0 Å². The highest BCUT2D eigenvalue weighted by Crippen LogP contribution is 2.39. The maximum Gasteiger partial charge on any atom is 0.136 e. The minimum absolute atomic E-state index is 0.535.